The average Bonchev–Trinajstić information content (AvgIpc) is 2.77. The summed E-state index contributed by atoms with van der Waals surface area (Å²) in [5.41, 5.74) is 3.80. The number of nitrogens with zero attached hydrogens (tertiary/aromatic N) is 1. The number of hydrogen-bond acceptors (Lipinski definition) is 2. The minimum absolute atomic E-state index is 0.382. The molecule has 1 heterocycles. The lowest BCUT2D eigenvalue weighted by molar-refractivity contribution is 0.121. The van der Waals surface area contributed by atoms with Gasteiger partial charge in [0.05, 0.1) is 6.10 Å². The first-order valence-electron chi connectivity index (χ1n) is 5.68. The molecule has 0 aromatic heterocycles. The summed E-state index contributed by atoms with van der Waals surface area (Å²) in [5, 5.41) is 0. The molecule has 1 unspecified atom stereocenters. The number of anilines is 1. The molecule has 2 rings (SSSR count). The number of ether oxygens (including phenoxy) is 1. The Balaban J connectivity index is 2.15. The Morgan fingerprint density at radius 2 is 2.31 bits per heavy atom. The molecule has 0 N–H and O–H groups in total. The van der Waals surface area contributed by atoms with Crippen LogP contribution in [0.3, 0.4) is 0 Å². The van der Waals surface area contributed by atoms with E-state index in [1.165, 1.54) is 16.8 Å². The van der Waals surface area contributed by atoms with E-state index in [9.17, 15) is 0 Å². The SMILES string of the molecule is COC1CCN(c2ccc(CCl)cc2C)C1. The van der Waals surface area contributed by atoms with Crippen molar-refractivity contribution in [3.8, 4) is 0 Å². The molecule has 0 saturated carbocycles. The van der Waals surface area contributed by atoms with Crippen LogP contribution in [-0.4, -0.2) is 26.3 Å². The molecule has 0 bridgehead atoms. The smallest absolute Gasteiger partial charge is 0.0762 e. The van der Waals surface area contributed by atoms with Crippen molar-refractivity contribution < 1.29 is 4.74 Å². The maximum Gasteiger partial charge on any atom is 0.0762 e. The highest BCUT2D eigenvalue weighted by Gasteiger charge is 2.23. The van der Waals surface area contributed by atoms with Crippen LogP contribution in [0, 0.1) is 6.92 Å². The summed E-state index contributed by atoms with van der Waals surface area (Å²) in [6.45, 7) is 4.22. The third kappa shape index (κ3) is 2.33. The summed E-state index contributed by atoms with van der Waals surface area (Å²) >= 11 is 5.82. The van der Waals surface area contributed by atoms with Crippen LogP contribution < -0.4 is 4.90 Å². The second-order valence-corrected chi connectivity index (χ2v) is 4.61. The molecule has 1 atom stereocenters. The van der Waals surface area contributed by atoms with Gasteiger partial charge in [0.25, 0.3) is 0 Å². The zero-order valence-corrected chi connectivity index (χ0v) is 10.6. The maximum absolute atomic E-state index is 5.82. The van der Waals surface area contributed by atoms with Gasteiger partial charge >= 0.3 is 0 Å². The largest absolute Gasteiger partial charge is 0.380 e. The van der Waals surface area contributed by atoms with Crippen LogP contribution in [0.5, 0.6) is 0 Å². The molecule has 1 aliphatic rings. The van der Waals surface area contributed by atoms with Crippen molar-refractivity contribution >= 4 is 17.3 Å². The second-order valence-electron chi connectivity index (χ2n) is 4.35. The van der Waals surface area contributed by atoms with Gasteiger partial charge < -0.3 is 9.64 Å². The summed E-state index contributed by atoms with van der Waals surface area (Å²) in [6.07, 6.45) is 1.50. The third-order valence-electron chi connectivity index (χ3n) is 3.23. The predicted octanol–water partition coefficient (Wildman–Crippen LogP) is 2.96. The lowest BCUT2D eigenvalue weighted by atomic mass is 10.1. The molecule has 1 aromatic carbocycles. The van der Waals surface area contributed by atoms with E-state index >= 15 is 0 Å². The van der Waals surface area contributed by atoms with Gasteiger partial charge in [-0.3, -0.25) is 0 Å². The van der Waals surface area contributed by atoms with E-state index in [1.54, 1.807) is 7.11 Å². The lowest BCUT2D eigenvalue weighted by Crippen LogP contribution is -2.22. The quantitative estimate of drug-likeness (QED) is 0.752. The molecule has 1 saturated heterocycles. The Morgan fingerprint density at radius 1 is 1.50 bits per heavy atom. The molecule has 16 heavy (non-hydrogen) atoms. The Hall–Kier alpha value is -0.730. The number of rotatable bonds is 3. The van der Waals surface area contributed by atoms with Crippen LogP contribution >= 0.6 is 11.6 Å². The van der Waals surface area contributed by atoms with Crippen molar-refractivity contribution in [3.05, 3.63) is 29.3 Å². The van der Waals surface area contributed by atoms with Crippen LogP contribution in [0.4, 0.5) is 5.69 Å². The van der Waals surface area contributed by atoms with Gasteiger partial charge in [-0.1, -0.05) is 12.1 Å². The maximum atomic E-state index is 5.82. The molecule has 1 fully saturated rings. The number of halogens is 1. The summed E-state index contributed by atoms with van der Waals surface area (Å²) in [7, 11) is 1.79. The highest BCUT2D eigenvalue weighted by molar-refractivity contribution is 6.17. The van der Waals surface area contributed by atoms with Crippen molar-refractivity contribution in [2.75, 3.05) is 25.1 Å². The number of methoxy groups -OCH3 is 1. The number of hydrogen-bond donors (Lipinski definition) is 0. The van der Waals surface area contributed by atoms with Crippen molar-refractivity contribution in [1.82, 2.24) is 0 Å². The van der Waals surface area contributed by atoms with Gasteiger partial charge in [0.15, 0.2) is 0 Å². The number of alkyl halides is 1. The fraction of sp³-hybridized carbons (Fsp3) is 0.538. The van der Waals surface area contributed by atoms with E-state index in [1.807, 2.05) is 0 Å². The van der Waals surface area contributed by atoms with Crippen LogP contribution in [0.15, 0.2) is 18.2 Å². The molecular weight excluding hydrogens is 222 g/mol. The molecule has 0 aliphatic carbocycles. The Morgan fingerprint density at radius 3 is 2.88 bits per heavy atom. The van der Waals surface area contributed by atoms with Gasteiger partial charge in [-0.05, 0) is 30.5 Å². The van der Waals surface area contributed by atoms with Gasteiger partial charge in [0.2, 0.25) is 0 Å². The second kappa shape index (κ2) is 5.07. The van der Waals surface area contributed by atoms with Crippen LogP contribution in [0.2, 0.25) is 0 Å². The van der Waals surface area contributed by atoms with Gasteiger partial charge in [-0.15, -0.1) is 11.6 Å². The minimum atomic E-state index is 0.382. The normalized spacial score (nSPS) is 20.4. The van der Waals surface area contributed by atoms with Crippen LogP contribution in [-0.2, 0) is 10.6 Å². The van der Waals surface area contributed by atoms with E-state index < -0.39 is 0 Å². The molecule has 0 spiro atoms. The van der Waals surface area contributed by atoms with Gasteiger partial charge in [-0.2, -0.15) is 0 Å². The molecule has 1 aliphatic heterocycles. The van der Waals surface area contributed by atoms with E-state index in [-0.39, 0.29) is 0 Å². The first-order valence-corrected chi connectivity index (χ1v) is 6.21. The first-order chi connectivity index (χ1) is 7.74. The zero-order valence-electron chi connectivity index (χ0n) is 9.87. The highest BCUT2D eigenvalue weighted by atomic mass is 35.5. The Bertz CT molecular complexity index is 367. The van der Waals surface area contributed by atoms with Crippen molar-refractivity contribution in [2.45, 2.75) is 25.3 Å². The standard InChI is InChI=1S/C13H18ClNO/c1-10-7-11(8-14)3-4-13(10)15-6-5-12(9-15)16-2/h3-4,7,12H,5-6,8-9H2,1-2H3. The highest BCUT2D eigenvalue weighted by Crippen LogP contribution is 2.26. The molecular formula is C13H18ClNO. The Labute approximate surface area is 102 Å². The van der Waals surface area contributed by atoms with E-state index in [0.717, 1.165) is 19.5 Å². The third-order valence-corrected chi connectivity index (χ3v) is 3.54. The summed E-state index contributed by atoms with van der Waals surface area (Å²) in [5.74, 6) is 0.585. The number of aryl methyl sites for hydroxylation is 1. The summed E-state index contributed by atoms with van der Waals surface area (Å²) in [6, 6.07) is 6.45. The lowest BCUT2D eigenvalue weighted by Gasteiger charge is -2.21. The fourth-order valence-corrected chi connectivity index (χ4v) is 2.46. The molecule has 0 amide bonds. The zero-order chi connectivity index (χ0) is 11.5. The topological polar surface area (TPSA) is 12.5 Å². The molecule has 3 heteroatoms. The number of benzene rings is 1. The summed E-state index contributed by atoms with van der Waals surface area (Å²) < 4.78 is 5.38. The molecule has 2 nitrogen and oxygen atoms in total. The van der Waals surface area contributed by atoms with Crippen molar-refractivity contribution in [3.63, 3.8) is 0 Å². The van der Waals surface area contributed by atoms with E-state index in [2.05, 4.69) is 30.0 Å². The predicted molar refractivity (Wildman–Crippen MR) is 68.4 cm³/mol. The van der Waals surface area contributed by atoms with Crippen molar-refractivity contribution in [1.29, 1.82) is 0 Å². The Kier molecular flexibility index (Phi) is 3.72. The minimum Gasteiger partial charge on any atom is -0.380 e. The van der Waals surface area contributed by atoms with Crippen LogP contribution in [0.1, 0.15) is 17.5 Å². The summed E-state index contributed by atoms with van der Waals surface area (Å²) in [4.78, 5) is 2.39. The van der Waals surface area contributed by atoms with E-state index in [4.69, 9.17) is 16.3 Å². The van der Waals surface area contributed by atoms with Gasteiger partial charge in [0.1, 0.15) is 0 Å². The first kappa shape index (κ1) is 11.7. The van der Waals surface area contributed by atoms with Gasteiger partial charge in [0, 0.05) is 31.8 Å². The van der Waals surface area contributed by atoms with Crippen molar-refractivity contribution in [2.24, 2.45) is 0 Å². The monoisotopic (exact) mass is 239 g/mol. The van der Waals surface area contributed by atoms with Crippen LogP contribution in [0.25, 0.3) is 0 Å². The fourth-order valence-electron chi connectivity index (χ4n) is 2.29. The molecule has 0 radical (unpaired) electrons. The molecule has 1 aromatic rings. The van der Waals surface area contributed by atoms with Gasteiger partial charge in [-0.25, -0.2) is 0 Å². The average molecular weight is 240 g/mol. The van der Waals surface area contributed by atoms with E-state index in [0.29, 0.717) is 12.0 Å². The molecule has 88 valence electrons.